The number of aliphatic hydroxyl groups is 1. The smallest absolute Gasteiger partial charge is 0.305 e. The summed E-state index contributed by atoms with van der Waals surface area (Å²) in [5.41, 5.74) is 0. The van der Waals surface area contributed by atoms with Crippen molar-refractivity contribution in [3.05, 3.63) is 24.3 Å². The molecule has 148 valence electrons. The monoisotopic (exact) mass is 365 g/mol. The number of aliphatic hydroxyl groups excluding tert-OH is 1. The Kier molecular flexibility index (Phi) is 11.7. The van der Waals surface area contributed by atoms with Gasteiger partial charge in [0.1, 0.15) is 0 Å². The molecule has 1 aliphatic rings. The van der Waals surface area contributed by atoms with Crippen LogP contribution < -0.4 is 0 Å². The lowest BCUT2D eigenvalue weighted by atomic mass is 10.00. The minimum Gasteiger partial charge on any atom is -0.469 e. The Hall–Kier alpha value is -1.62. The molecule has 0 aromatic heterocycles. The normalized spacial score (nSPS) is 19.4. The van der Waals surface area contributed by atoms with Gasteiger partial charge in [-0.15, -0.1) is 0 Å². The molecule has 0 saturated carbocycles. The number of unbranched alkanes of at least 4 members (excludes halogenated alkanes) is 3. The first kappa shape index (κ1) is 22.4. The zero-order valence-electron chi connectivity index (χ0n) is 16.4. The molecule has 0 aromatic rings. The van der Waals surface area contributed by atoms with Gasteiger partial charge in [0.2, 0.25) is 5.91 Å². The van der Waals surface area contributed by atoms with E-state index in [0.717, 1.165) is 51.4 Å². The Morgan fingerprint density at radius 1 is 1.35 bits per heavy atom. The van der Waals surface area contributed by atoms with Crippen LogP contribution in [-0.4, -0.2) is 47.7 Å². The fraction of sp³-hybridized carbons (Fsp3) is 0.714. The molecule has 1 rings (SSSR count). The Labute approximate surface area is 158 Å². The number of esters is 1. The third-order valence-corrected chi connectivity index (χ3v) is 4.72. The van der Waals surface area contributed by atoms with Crippen molar-refractivity contribution >= 4 is 11.9 Å². The van der Waals surface area contributed by atoms with Crippen molar-refractivity contribution in [2.24, 2.45) is 0 Å². The maximum absolute atomic E-state index is 12.2. The van der Waals surface area contributed by atoms with Crippen LogP contribution in [0.4, 0.5) is 0 Å². The highest BCUT2D eigenvalue weighted by Gasteiger charge is 2.25. The minimum absolute atomic E-state index is 0.0665. The van der Waals surface area contributed by atoms with Gasteiger partial charge in [-0.3, -0.25) is 9.59 Å². The molecule has 1 amide bonds. The van der Waals surface area contributed by atoms with Gasteiger partial charge in [-0.2, -0.15) is 0 Å². The summed E-state index contributed by atoms with van der Waals surface area (Å²) in [5, 5.41) is 10.1. The third-order valence-electron chi connectivity index (χ3n) is 4.72. The van der Waals surface area contributed by atoms with E-state index in [4.69, 9.17) is 0 Å². The van der Waals surface area contributed by atoms with Gasteiger partial charge in [0.05, 0.1) is 19.3 Å². The molecule has 0 aromatic carbocycles. The number of carbonyl (C=O) groups excluding carboxylic acids is 2. The van der Waals surface area contributed by atoms with E-state index in [1.165, 1.54) is 7.11 Å². The summed E-state index contributed by atoms with van der Waals surface area (Å²) in [6, 6.07) is 0.0665. The molecule has 1 saturated heterocycles. The Balaban J connectivity index is 2.43. The number of nitrogens with zero attached hydrogens (tertiary/aromatic N) is 1. The molecule has 2 unspecified atom stereocenters. The molecule has 1 N–H and O–H groups in total. The minimum atomic E-state index is -0.422. The predicted molar refractivity (Wildman–Crippen MR) is 104 cm³/mol. The van der Waals surface area contributed by atoms with Crippen molar-refractivity contribution in [3.63, 3.8) is 0 Å². The number of rotatable bonds is 12. The average Bonchev–Trinajstić information content (AvgIpc) is 2.64. The third kappa shape index (κ3) is 9.18. The summed E-state index contributed by atoms with van der Waals surface area (Å²) in [4.78, 5) is 25.2. The van der Waals surface area contributed by atoms with E-state index in [1.807, 2.05) is 29.2 Å². The van der Waals surface area contributed by atoms with Gasteiger partial charge in [-0.1, -0.05) is 50.5 Å². The van der Waals surface area contributed by atoms with Gasteiger partial charge in [0.15, 0.2) is 0 Å². The zero-order chi connectivity index (χ0) is 19.2. The van der Waals surface area contributed by atoms with Crippen LogP contribution in [0.5, 0.6) is 0 Å². The molecule has 2 atom stereocenters. The summed E-state index contributed by atoms with van der Waals surface area (Å²) in [5.74, 6) is -0.0158. The fourth-order valence-electron chi connectivity index (χ4n) is 3.11. The highest BCUT2D eigenvalue weighted by molar-refractivity contribution is 5.77. The molecular formula is C21H35NO4. The SMILES string of the molecule is CCCCCC(O)C=CC1CCCC(=O)N1CC=CCCCC(=O)OC. The molecule has 1 aliphatic heterocycles. The number of likely N-dealkylation sites (tertiary alicyclic amines) is 1. The Bertz CT molecular complexity index is 473. The first-order valence-electron chi connectivity index (χ1n) is 9.96. The highest BCUT2D eigenvalue weighted by Crippen LogP contribution is 2.20. The molecular weight excluding hydrogens is 330 g/mol. The molecule has 5 nitrogen and oxygen atoms in total. The summed E-state index contributed by atoms with van der Waals surface area (Å²) in [7, 11) is 1.40. The number of amides is 1. The van der Waals surface area contributed by atoms with Crippen molar-refractivity contribution in [1.29, 1.82) is 0 Å². The molecule has 0 radical (unpaired) electrons. The molecule has 0 bridgehead atoms. The maximum atomic E-state index is 12.2. The number of hydrogen-bond donors (Lipinski definition) is 1. The second-order valence-corrected chi connectivity index (χ2v) is 6.89. The van der Waals surface area contributed by atoms with E-state index in [0.29, 0.717) is 19.4 Å². The zero-order valence-corrected chi connectivity index (χ0v) is 16.4. The van der Waals surface area contributed by atoms with Crippen LogP contribution in [0.2, 0.25) is 0 Å². The van der Waals surface area contributed by atoms with Crippen LogP contribution in [-0.2, 0) is 14.3 Å². The van der Waals surface area contributed by atoms with Gasteiger partial charge in [-0.05, 0) is 32.1 Å². The number of carbonyl (C=O) groups is 2. The van der Waals surface area contributed by atoms with Gasteiger partial charge in [0.25, 0.3) is 0 Å². The summed E-state index contributed by atoms with van der Waals surface area (Å²) in [6.45, 7) is 2.73. The van der Waals surface area contributed by atoms with E-state index in [9.17, 15) is 14.7 Å². The first-order chi connectivity index (χ1) is 12.6. The van der Waals surface area contributed by atoms with Crippen LogP contribution in [0.25, 0.3) is 0 Å². The van der Waals surface area contributed by atoms with E-state index in [-0.39, 0.29) is 17.9 Å². The summed E-state index contributed by atoms with van der Waals surface area (Å²) >= 11 is 0. The lowest BCUT2D eigenvalue weighted by molar-refractivity contribution is -0.140. The molecule has 0 spiro atoms. The van der Waals surface area contributed by atoms with Crippen molar-refractivity contribution in [2.45, 2.75) is 83.3 Å². The lowest BCUT2D eigenvalue weighted by Gasteiger charge is -2.33. The Morgan fingerprint density at radius 3 is 2.88 bits per heavy atom. The number of allylic oxidation sites excluding steroid dienone is 1. The van der Waals surface area contributed by atoms with E-state index >= 15 is 0 Å². The van der Waals surface area contributed by atoms with Crippen LogP contribution in [0.3, 0.4) is 0 Å². The first-order valence-corrected chi connectivity index (χ1v) is 9.96. The highest BCUT2D eigenvalue weighted by atomic mass is 16.5. The second kappa shape index (κ2) is 13.6. The standard InChI is InChI=1S/C21H35NO4/c1-3-4-7-12-19(23)16-15-18-11-10-13-20(24)22(18)17-9-6-5-8-14-21(25)26-2/h6,9,15-16,18-19,23H,3-5,7-8,10-14,17H2,1-2H3. The van der Waals surface area contributed by atoms with E-state index < -0.39 is 6.10 Å². The number of hydrogen-bond acceptors (Lipinski definition) is 4. The average molecular weight is 366 g/mol. The molecule has 1 fully saturated rings. The molecule has 5 heteroatoms. The molecule has 26 heavy (non-hydrogen) atoms. The van der Waals surface area contributed by atoms with Crippen molar-refractivity contribution in [1.82, 2.24) is 4.90 Å². The topological polar surface area (TPSA) is 66.8 Å². The number of piperidine rings is 1. The predicted octanol–water partition coefficient (Wildman–Crippen LogP) is 3.76. The van der Waals surface area contributed by atoms with E-state index in [1.54, 1.807) is 0 Å². The van der Waals surface area contributed by atoms with Crippen molar-refractivity contribution in [2.75, 3.05) is 13.7 Å². The van der Waals surface area contributed by atoms with E-state index in [2.05, 4.69) is 11.7 Å². The van der Waals surface area contributed by atoms with Crippen molar-refractivity contribution < 1.29 is 19.4 Å². The van der Waals surface area contributed by atoms with Gasteiger partial charge < -0.3 is 14.7 Å². The Morgan fingerprint density at radius 2 is 2.15 bits per heavy atom. The second-order valence-electron chi connectivity index (χ2n) is 6.89. The van der Waals surface area contributed by atoms with Gasteiger partial charge >= 0.3 is 5.97 Å². The maximum Gasteiger partial charge on any atom is 0.305 e. The molecule has 0 aliphatic carbocycles. The number of methoxy groups -OCH3 is 1. The van der Waals surface area contributed by atoms with Crippen LogP contribution in [0.15, 0.2) is 24.3 Å². The van der Waals surface area contributed by atoms with Gasteiger partial charge in [-0.25, -0.2) is 0 Å². The van der Waals surface area contributed by atoms with Crippen LogP contribution >= 0.6 is 0 Å². The van der Waals surface area contributed by atoms with Crippen LogP contribution in [0, 0.1) is 0 Å². The van der Waals surface area contributed by atoms with Crippen molar-refractivity contribution in [3.8, 4) is 0 Å². The number of ether oxygens (including phenoxy) is 1. The quantitative estimate of drug-likeness (QED) is 0.325. The van der Waals surface area contributed by atoms with Gasteiger partial charge in [0, 0.05) is 19.4 Å². The fourth-order valence-corrected chi connectivity index (χ4v) is 3.11. The summed E-state index contributed by atoms with van der Waals surface area (Å²) < 4.78 is 4.61. The lowest BCUT2D eigenvalue weighted by Crippen LogP contribution is -2.42. The molecule has 1 heterocycles. The van der Waals surface area contributed by atoms with Crippen LogP contribution in [0.1, 0.15) is 71.1 Å². The largest absolute Gasteiger partial charge is 0.469 e. The summed E-state index contributed by atoms with van der Waals surface area (Å²) in [6.07, 6.45) is 16.0.